The maximum Gasteiger partial charge on any atom is 0.253 e. The number of carbonyl (C=O) groups is 1. The number of likely N-dealkylation sites (N-methyl/N-ethyl adjacent to an activating group) is 1. The van der Waals surface area contributed by atoms with Crippen LogP contribution in [0.15, 0.2) is 18.2 Å². The lowest BCUT2D eigenvalue weighted by molar-refractivity contribution is 0.0925. The summed E-state index contributed by atoms with van der Waals surface area (Å²) in [6, 6.07) is 3.85. The molecule has 0 bridgehead atoms. The number of nitrogens with zero attached hydrogens (tertiary/aromatic N) is 1. The zero-order valence-corrected chi connectivity index (χ0v) is 12.6. The lowest BCUT2D eigenvalue weighted by Crippen LogP contribution is -2.42. The van der Waals surface area contributed by atoms with Gasteiger partial charge in [0.05, 0.1) is 5.56 Å². The normalized spacial score (nSPS) is 12.8. The highest BCUT2D eigenvalue weighted by Gasteiger charge is 2.18. The Morgan fingerprint density at radius 2 is 2.05 bits per heavy atom. The summed E-state index contributed by atoms with van der Waals surface area (Å²) >= 11 is 0. The molecule has 112 valence electrons. The van der Waals surface area contributed by atoms with Crippen LogP contribution in [0.2, 0.25) is 0 Å². The quantitative estimate of drug-likeness (QED) is 0.785. The first kappa shape index (κ1) is 16.4. The van der Waals surface area contributed by atoms with Crippen LogP contribution < -0.4 is 11.1 Å². The van der Waals surface area contributed by atoms with Crippen molar-refractivity contribution in [2.24, 2.45) is 5.92 Å². The molecule has 0 fully saturated rings. The Hall–Kier alpha value is -1.62. The van der Waals surface area contributed by atoms with E-state index in [-0.39, 0.29) is 23.2 Å². The molecule has 1 unspecified atom stereocenters. The maximum absolute atomic E-state index is 13.2. The Bertz CT molecular complexity index is 450. The third-order valence-electron chi connectivity index (χ3n) is 2.94. The number of halogens is 1. The monoisotopic (exact) mass is 281 g/mol. The minimum absolute atomic E-state index is 0.0140. The smallest absolute Gasteiger partial charge is 0.253 e. The molecular formula is C15H24FN3O. The van der Waals surface area contributed by atoms with E-state index >= 15 is 0 Å². The zero-order chi connectivity index (χ0) is 15.3. The van der Waals surface area contributed by atoms with E-state index in [1.807, 2.05) is 19.0 Å². The van der Waals surface area contributed by atoms with Gasteiger partial charge in [0, 0.05) is 18.3 Å². The third kappa shape index (κ3) is 5.17. The summed E-state index contributed by atoms with van der Waals surface area (Å²) in [5.41, 5.74) is 6.21. The van der Waals surface area contributed by atoms with Gasteiger partial charge in [-0.1, -0.05) is 13.8 Å². The highest BCUT2D eigenvalue weighted by atomic mass is 19.1. The van der Waals surface area contributed by atoms with E-state index in [9.17, 15) is 9.18 Å². The molecule has 1 aromatic rings. The molecule has 1 amide bonds. The Morgan fingerprint density at radius 1 is 1.40 bits per heavy atom. The van der Waals surface area contributed by atoms with Crippen LogP contribution in [0.4, 0.5) is 10.1 Å². The highest BCUT2D eigenvalue weighted by Crippen LogP contribution is 2.14. The minimum atomic E-state index is -0.461. The molecule has 1 aromatic carbocycles. The van der Waals surface area contributed by atoms with E-state index in [4.69, 9.17) is 5.73 Å². The van der Waals surface area contributed by atoms with Crippen LogP contribution in [0.3, 0.4) is 0 Å². The van der Waals surface area contributed by atoms with Gasteiger partial charge in [-0.25, -0.2) is 4.39 Å². The standard InChI is InChI=1S/C15H24FN3O/c1-10(2)7-12(9-19(3)4)18-15(20)13-8-11(16)5-6-14(13)17/h5-6,8,10,12H,7,9,17H2,1-4H3,(H,18,20). The van der Waals surface area contributed by atoms with Gasteiger partial charge in [0.15, 0.2) is 0 Å². The second-order valence-electron chi connectivity index (χ2n) is 5.79. The first-order valence-electron chi connectivity index (χ1n) is 6.80. The number of nitrogen functional groups attached to an aromatic ring is 1. The number of rotatable bonds is 6. The number of amides is 1. The van der Waals surface area contributed by atoms with Crippen molar-refractivity contribution in [2.75, 3.05) is 26.4 Å². The van der Waals surface area contributed by atoms with Crippen molar-refractivity contribution in [1.29, 1.82) is 0 Å². The van der Waals surface area contributed by atoms with Gasteiger partial charge < -0.3 is 16.0 Å². The van der Waals surface area contributed by atoms with Gasteiger partial charge >= 0.3 is 0 Å². The second-order valence-corrected chi connectivity index (χ2v) is 5.79. The van der Waals surface area contributed by atoms with E-state index in [1.54, 1.807) is 0 Å². The predicted molar refractivity (Wildman–Crippen MR) is 80.1 cm³/mol. The lowest BCUT2D eigenvalue weighted by Gasteiger charge is -2.24. The van der Waals surface area contributed by atoms with Crippen molar-refractivity contribution < 1.29 is 9.18 Å². The average molecular weight is 281 g/mol. The molecule has 0 heterocycles. The van der Waals surface area contributed by atoms with E-state index in [1.165, 1.54) is 18.2 Å². The van der Waals surface area contributed by atoms with E-state index in [0.717, 1.165) is 13.0 Å². The number of benzene rings is 1. The molecule has 0 radical (unpaired) electrons. The molecule has 0 saturated heterocycles. The maximum atomic E-state index is 13.2. The summed E-state index contributed by atoms with van der Waals surface area (Å²) < 4.78 is 13.2. The first-order valence-corrected chi connectivity index (χ1v) is 6.80. The van der Waals surface area contributed by atoms with Gasteiger partial charge in [-0.3, -0.25) is 4.79 Å². The molecule has 0 aromatic heterocycles. The molecule has 0 spiro atoms. The number of nitrogens with two attached hydrogens (primary N) is 1. The predicted octanol–water partition coefficient (Wildman–Crippen LogP) is 2.11. The average Bonchev–Trinajstić information content (AvgIpc) is 2.30. The molecule has 4 nitrogen and oxygen atoms in total. The summed E-state index contributed by atoms with van der Waals surface area (Å²) in [6.07, 6.45) is 0.860. The fourth-order valence-corrected chi connectivity index (χ4v) is 2.18. The van der Waals surface area contributed by atoms with Crippen LogP contribution in [0.25, 0.3) is 0 Å². The summed E-state index contributed by atoms with van der Waals surface area (Å²) in [6.45, 7) is 4.94. The molecule has 0 aliphatic carbocycles. The van der Waals surface area contributed by atoms with Crippen molar-refractivity contribution >= 4 is 11.6 Å². The van der Waals surface area contributed by atoms with Crippen LogP contribution >= 0.6 is 0 Å². The van der Waals surface area contributed by atoms with E-state index in [0.29, 0.717) is 5.92 Å². The Balaban J connectivity index is 2.81. The van der Waals surface area contributed by atoms with Crippen LogP contribution in [0.5, 0.6) is 0 Å². The summed E-state index contributed by atoms with van der Waals surface area (Å²) in [5, 5.41) is 2.94. The fourth-order valence-electron chi connectivity index (χ4n) is 2.18. The summed E-state index contributed by atoms with van der Waals surface area (Å²) in [4.78, 5) is 14.2. The van der Waals surface area contributed by atoms with Gasteiger partial charge in [0.1, 0.15) is 5.82 Å². The van der Waals surface area contributed by atoms with E-state index in [2.05, 4.69) is 19.2 Å². The fraction of sp³-hybridized carbons (Fsp3) is 0.533. The van der Waals surface area contributed by atoms with Gasteiger partial charge in [0.2, 0.25) is 0 Å². The Labute approximate surface area is 120 Å². The first-order chi connectivity index (χ1) is 9.29. The summed E-state index contributed by atoms with van der Waals surface area (Å²) in [5.74, 6) is -0.322. The van der Waals surface area contributed by atoms with Crippen molar-refractivity contribution in [3.63, 3.8) is 0 Å². The van der Waals surface area contributed by atoms with Gasteiger partial charge in [-0.2, -0.15) is 0 Å². The number of carbonyl (C=O) groups excluding carboxylic acids is 1. The summed E-state index contributed by atoms with van der Waals surface area (Å²) in [7, 11) is 3.91. The van der Waals surface area contributed by atoms with Crippen LogP contribution in [0, 0.1) is 11.7 Å². The molecule has 0 saturated carbocycles. The SMILES string of the molecule is CC(C)CC(CN(C)C)NC(=O)c1cc(F)ccc1N. The number of anilines is 1. The third-order valence-corrected chi connectivity index (χ3v) is 2.94. The molecular weight excluding hydrogens is 257 g/mol. The van der Waals surface area contributed by atoms with Crippen molar-refractivity contribution in [3.05, 3.63) is 29.6 Å². The largest absolute Gasteiger partial charge is 0.398 e. The lowest BCUT2D eigenvalue weighted by atomic mass is 10.0. The number of nitrogens with one attached hydrogen (secondary N) is 1. The molecule has 5 heteroatoms. The zero-order valence-electron chi connectivity index (χ0n) is 12.6. The van der Waals surface area contributed by atoms with Crippen molar-refractivity contribution in [2.45, 2.75) is 26.3 Å². The minimum Gasteiger partial charge on any atom is -0.398 e. The topological polar surface area (TPSA) is 58.4 Å². The van der Waals surface area contributed by atoms with Crippen LogP contribution in [-0.4, -0.2) is 37.5 Å². The van der Waals surface area contributed by atoms with E-state index < -0.39 is 5.82 Å². The Morgan fingerprint density at radius 3 is 2.60 bits per heavy atom. The van der Waals surface area contributed by atoms with Crippen LogP contribution in [-0.2, 0) is 0 Å². The van der Waals surface area contributed by atoms with Gasteiger partial charge in [-0.05, 0) is 44.6 Å². The van der Waals surface area contributed by atoms with Crippen LogP contribution in [0.1, 0.15) is 30.6 Å². The molecule has 3 N–H and O–H groups in total. The number of hydrogen-bond donors (Lipinski definition) is 2. The van der Waals surface area contributed by atoms with Gasteiger partial charge in [-0.15, -0.1) is 0 Å². The molecule has 20 heavy (non-hydrogen) atoms. The van der Waals surface area contributed by atoms with Crippen molar-refractivity contribution in [1.82, 2.24) is 10.2 Å². The number of hydrogen-bond acceptors (Lipinski definition) is 3. The second kappa shape index (κ2) is 7.24. The highest BCUT2D eigenvalue weighted by molar-refractivity contribution is 5.99. The molecule has 1 rings (SSSR count). The molecule has 0 aliphatic rings. The Kier molecular flexibility index (Phi) is 5.95. The molecule has 0 aliphatic heterocycles. The molecule has 1 atom stereocenters. The van der Waals surface area contributed by atoms with Gasteiger partial charge in [0.25, 0.3) is 5.91 Å². The van der Waals surface area contributed by atoms with Crippen molar-refractivity contribution in [3.8, 4) is 0 Å².